The van der Waals surface area contributed by atoms with E-state index in [9.17, 15) is 35.1 Å². The molecule has 1 aliphatic rings. The van der Waals surface area contributed by atoms with E-state index < -0.39 is 36.5 Å². The normalized spacial score (nSPS) is 17.4. The Bertz CT molecular complexity index is 1400. The molecular formula is C25H30BrN7O7. The summed E-state index contributed by atoms with van der Waals surface area (Å²) >= 11 is 3.41. The fourth-order valence-corrected chi connectivity index (χ4v) is 4.67. The molecule has 0 radical (unpaired) electrons. The van der Waals surface area contributed by atoms with E-state index in [1.807, 2.05) is 24.3 Å². The molecule has 4 atom stereocenters. The molecule has 0 bridgehead atoms. The third kappa shape index (κ3) is 7.47. The van der Waals surface area contributed by atoms with Crippen LogP contribution in [0.5, 0.6) is 5.75 Å². The van der Waals surface area contributed by atoms with E-state index in [0.29, 0.717) is 28.4 Å². The molecule has 40 heavy (non-hydrogen) atoms. The fraction of sp³-hybridized carbons (Fsp3) is 0.320. The zero-order valence-corrected chi connectivity index (χ0v) is 22.6. The third-order valence-corrected chi connectivity index (χ3v) is 6.90. The summed E-state index contributed by atoms with van der Waals surface area (Å²) in [6, 6.07) is 10.3. The maximum atomic E-state index is 12.4. The molecule has 4 rings (SSSR count). The van der Waals surface area contributed by atoms with Crippen LogP contribution in [-0.2, 0) is 9.59 Å². The largest absolute Gasteiger partial charge is 0.508 e. The lowest BCUT2D eigenvalue weighted by Gasteiger charge is -2.21. The van der Waals surface area contributed by atoms with Gasteiger partial charge in [-0.3, -0.25) is 25.2 Å². The van der Waals surface area contributed by atoms with Crippen molar-refractivity contribution in [3.05, 3.63) is 58.2 Å². The number of nitrogens with zero attached hydrogens (tertiary/aromatic N) is 1. The van der Waals surface area contributed by atoms with Crippen LogP contribution in [0, 0.1) is 0 Å². The first-order valence-corrected chi connectivity index (χ1v) is 13.1. The molecule has 11 N–H and O–H groups in total. The van der Waals surface area contributed by atoms with Crippen molar-refractivity contribution in [2.24, 2.45) is 4.99 Å². The summed E-state index contributed by atoms with van der Waals surface area (Å²) in [5.74, 6) is -1.64. The maximum absolute atomic E-state index is 12.4. The van der Waals surface area contributed by atoms with Gasteiger partial charge < -0.3 is 46.5 Å². The molecule has 1 amide bonds. The Morgan fingerprint density at radius 3 is 2.62 bits per heavy atom. The Balaban J connectivity index is 1.29. The highest BCUT2D eigenvalue weighted by molar-refractivity contribution is 9.10. The van der Waals surface area contributed by atoms with E-state index in [0.717, 1.165) is 10.9 Å². The number of para-hydroxylation sites is 1. The van der Waals surface area contributed by atoms with Gasteiger partial charge in [0.05, 0.1) is 29.4 Å². The van der Waals surface area contributed by atoms with Crippen LogP contribution in [0.15, 0.2) is 51.9 Å². The standard InChI is InChI=1S/C25H30BrN7O7/c26-20-16-3-1-2-4-17(16)32-21(20)23(38)33-18(24(39)40)10-27-19(36)11-28-22(37)12-5-13(7-14(34)6-12)31-25-29-8-15(35)9-30-25/h1-7,15,18,22-23,28,32-35,37-38H,8-11H2,(H,27,36)(H,39,40)(H2,29,30,31)/t18-,22?,23?/m0/s1. The molecule has 0 saturated carbocycles. The second-order valence-corrected chi connectivity index (χ2v) is 9.90. The van der Waals surface area contributed by atoms with Crippen LogP contribution in [0.4, 0.5) is 5.69 Å². The number of nitrogens with one attached hydrogen (secondary N) is 6. The van der Waals surface area contributed by atoms with Crippen LogP contribution in [0.3, 0.4) is 0 Å². The number of benzene rings is 2. The SMILES string of the molecule is O=C(CNC(O)c1cc(O)cc(NC2=NCC(O)CN2)c1)NC[C@H](NC(O)c1[nH]c2ccccc2c1Br)C(=O)O. The number of phenolic OH excluding ortho intramolecular Hbond substituents is 1. The van der Waals surface area contributed by atoms with Crippen molar-refractivity contribution >= 4 is 50.4 Å². The van der Waals surface area contributed by atoms with Gasteiger partial charge in [-0.25, -0.2) is 0 Å². The van der Waals surface area contributed by atoms with Gasteiger partial charge in [0.25, 0.3) is 0 Å². The Morgan fingerprint density at radius 2 is 1.93 bits per heavy atom. The fourth-order valence-electron chi connectivity index (χ4n) is 4.01. The summed E-state index contributed by atoms with van der Waals surface area (Å²) in [7, 11) is 0. The highest BCUT2D eigenvalue weighted by atomic mass is 79.9. The van der Waals surface area contributed by atoms with Gasteiger partial charge >= 0.3 is 5.97 Å². The number of carbonyl (C=O) groups excluding carboxylic acids is 1. The second-order valence-electron chi connectivity index (χ2n) is 9.11. The van der Waals surface area contributed by atoms with Crippen molar-refractivity contribution in [1.29, 1.82) is 0 Å². The summed E-state index contributed by atoms with van der Waals surface area (Å²) < 4.78 is 0.585. The number of aliphatic hydroxyl groups is 3. The Labute approximate surface area is 236 Å². The number of carboxylic acid groups (broad SMARTS) is 1. The van der Waals surface area contributed by atoms with Crippen LogP contribution in [0.1, 0.15) is 23.7 Å². The smallest absolute Gasteiger partial charge is 0.322 e. The lowest BCUT2D eigenvalue weighted by molar-refractivity contribution is -0.140. The monoisotopic (exact) mass is 619 g/mol. The van der Waals surface area contributed by atoms with Crippen molar-refractivity contribution < 1.29 is 35.1 Å². The predicted molar refractivity (Wildman–Crippen MR) is 150 cm³/mol. The molecule has 1 aliphatic heterocycles. The number of β-amino-alcohol motifs (C(OH)–C–C–N with tert-alkyl or cyclic N) is 1. The van der Waals surface area contributed by atoms with E-state index in [2.05, 4.69) is 52.5 Å². The Hall–Kier alpha value is -3.73. The van der Waals surface area contributed by atoms with Gasteiger partial charge in [0.2, 0.25) is 5.91 Å². The van der Waals surface area contributed by atoms with Gasteiger partial charge in [-0.1, -0.05) is 18.2 Å². The van der Waals surface area contributed by atoms with Crippen molar-refractivity contribution in [3.8, 4) is 5.75 Å². The first kappa shape index (κ1) is 29.3. The quantitative estimate of drug-likeness (QED) is 0.126. The van der Waals surface area contributed by atoms with Gasteiger partial charge in [-0.15, -0.1) is 0 Å². The van der Waals surface area contributed by atoms with E-state index >= 15 is 0 Å². The Kier molecular flexibility index (Phi) is 9.57. The number of amides is 1. The van der Waals surface area contributed by atoms with E-state index in [1.165, 1.54) is 12.1 Å². The lowest BCUT2D eigenvalue weighted by Crippen LogP contribution is -2.49. The van der Waals surface area contributed by atoms with Crippen molar-refractivity contribution in [1.82, 2.24) is 26.3 Å². The molecule has 14 nitrogen and oxygen atoms in total. The third-order valence-electron chi connectivity index (χ3n) is 6.04. The number of fused-ring (bicyclic) bond motifs is 1. The van der Waals surface area contributed by atoms with Crippen molar-refractivity contribution in [2.75, 3.05) is 31.5 Å². The van der Waals surface area contributed by atoms with Crippen LogP contribution in [-0.4, -0.2) is 86.7 Å². The lowest BCUT2D eigenvalue weighted by atomic mass is 10.1. The minimum Gasteiger partial charge on any atom is -0.508 e. The topological polar surface area (TPSA) is 224 Å². The summed E-state index contributed by atoms with van der Waals surface area (Å²) in [5.41, 5.74) is 1.76. The van der Waals surface area contributed by atoms with Crippen LogP contribution in [0.25, 0.3) is 10.9 Å². The molecule has 0 spiro atoms. The highest BCUT2D eigenvalue weighted by Gasteiger charge is 2.25. The predicted octanol–water partition coefficient (Wildman–Crippen LogP) is -0.201. The average molecular weight is 620 g/mol. The molecule has 2 heterocycles. The first-order valence-electron chi connectivity index (χ1n) is 12.3. The number of aromatic hydroxyl groups is 1. The second kappa shape index (κ2) is 13.1. The molecule has 15 heteroatoms. The molecule has 0 aliphatic carbocycles. The number of carboxylic acids is 1. The number of guanidine groups is 1. The van der Waals surface area contributed by atoms with Gasteiger partial charge in [0.1, 0.15) is 24.2 Å². The molecule has 3 aromatic rings. The number of halogens is 1. The van der Waals surface area contributed by atoms with Crippen LogP contribution >= 0.6 is 15.9 Å². The summed E-state index contributed by atoms with van der Waals surface area (Å²) in [6.45, 7) is -0.175. The number of anilines is 1. The molecule has 0 saturated heterocycles. The van der Waals surface area contributed by atoms with Gasteiger partial charge in [0, 0.05) is 41.3 Å². The number of aliphatic carboxylic acids is 1. The van der Waals surface area contributed by atoms with Gasteiger partial charge in [-0.05, 0) is 34.1 Å². The number of aromatic nitrogens is 1. The number of aromatic amines is 1. The number of H-pyrrole nitrogens is 1. The summed E-state index contributed by atoms with van der Waals surface area (Å²) in [4.78, 5) is 31.3. The molecule has 3 unspecified atom stereocenters. The van der Waals surface area contributed by atoms with Crippen molar-refractivity contribution in [3.63, 3.8) is 0 Å². The number of hydrogen-bond donors (Lipinski definition) is 11. The molecule has 0 fully saturated rings. The number of phenols is 1. The number of carbonyl (C=O) groups is 2. The average Bonchev–Trinajstić information content (AvgIpc) is 3.27. The van der Waals surface area contributed by atoms with Crippen LogP contribution in [0.2, 0.25) is 0 Å². The highest BCUT2D eigenvalue weighted by Crippen LogP contribution is 2.30. The maximum Gasteiger partial charge on any atom is 0.322 e. The first-order chi connectivity index (χ1) is 19.1. The number of rotatable bonds is 11. The zero-order chi connectivity index (χ0) is 28.8. The minimum atomic E-state index is -1.37. The van der Waals surface area contributed by atoms with Crippen LogP contribution < -0.4 is 26.6 Å². The molecule has 2 aromatic carbocycles. The number of aliphatic hydroxyl groups excluding tert-OH is 3. The van der Waals surface area contributed by atoms with E-state index in [1.54, 1.807) is 6.07 Å². The molecular weight excluding hydrogens is 590 g/mol. The Morgan fingerprint density at radius 1 is 1.15 bits per heavy atom. The van der Waals surface area contributed by atoms with E-state index in [-0.39, 0.29) is 30.9 Å². The van der Waals surface area contributed by atoms with Gasteiger partial charge in [0.15, 0.2) is 5.96 Å². The zero-order valence-electron chi connectivity index (χ0n) is 21.1. The van der Waals surface area contributed by atoms with Crippen molar-refractivity contribution in [2.45, 2.75) is 24.6 Å². The number of hydrogen-bond acceptors (Lipinski definition) is 11. The summed E-state index contributed by atoms with van der Waals surface area (Å²) in [5, 5.41) is 64.6. The molecule has 1 aromatic heterocycles. The molecule has 214 valence electrons. The van der Waals surface area contributed by atoms with Gasteiger partial charge in [-0.2, -0.15) is 0 Å². The summed E-state index contributed by atoms with van der Waals surface area (Å²) in [6.07, 6.45) is -3.29. The number of aliphatic imine (C=N–C) groups is 1. The minimum absolute atomic E-state index is 0.141. The van der Waals surface area contributed by atoms with E-state index in [4.69, 9.17) is 0 Å².